The number of amides is 1. The van der Waals surface area contributed by atoms with Crippen LogP contribution in [0.1, 0.15) is 35.2 Å². The molecule has 0 aromatic carbocycles. The predicted octanol–water partition coefficient (Wildman–Crippen LogP) is 1.77. The van der Waals surface area contributed by atoms with Crippen LogP contribution in [0.3, 0.4) is 0 Å². The fourth-order valence-electron chi connectivity index (χ4n) is 2.77. The molecule has 2 atom stereocenters. The van der Waals surface area contributed by atoms with Crippen LogP contribution < -0.4 is 5.32 Å². The van der Waals surface area contributed by atoms with Crippen LogP contribution in [-0.2, 0) is 22.6 Å². The van der Waals surface area contributed by atoms with E-state index in [0.29, 0.717) is 32.1 Å². The van der Waals surface area contributed by atoms with E-state index in [0.717, 1.165) is 17.8 Å². The SMILES string of the molecule is CCn1nc(C)cc1C(=O)N[C@@H]1COCC[C@@H]1OCc1cscn1. The average molecular weight is 350 g/mol. The molecule has 1 aliphatic rings. The van der Waals surface area contributed by atoms with Crippen molar-refractivity contribution < 1.29 is 14.3 Å². The first-order valence-corrected chi connectivity index (χ1v) is 9.03. The van der Waals surface area contributed by atoms with Gasteiger partial charge in [0, 0.05) is 18.5 Å². The maximum absolute atomic E-state index is 12.6. The highest BCUT2D eigenvalue weighted by Gasteiger charge is 2.29. The van der Waals surface area contributed by atoms with Crippen molar-refractivity contribution in [3.8, 4) is 0 Å². The van der Waals surface area contributed by atoms with Crippen LogP contribution in [0, 0.1) is 6.92 Å². The van der Waals surface area contributed by atoms with Gasteiger partial charge in [0.05, 0.1) is 42.3 Å². The maximum atomic E-state index is 12.6. The van der Waals surface area contributed by atoms with E-state index in [1.54, 1.807) is 27.6 Å². The summed E-state index contributed by atoms with van der Waals surface area (Å²) in [4.78, 5) is 16.8. The smallest absolute Gasteiger partial charge is 0.269 e. The van der Waals surface area contributed by atoms with Gasteiger partial charge >= 0.3 is 0 Å². The molecule has 2 aromatic rings. The normalized spacial score (nSPS) is 20.9. The Morgan fingerprint density at radius 2 is 2.46 bits per heavy atom. The lowest BCUT2D eigenvalue weighted by Crippen LogP contribution is -2.50. The second-order valence-electron chi connectivity index (χ2n) is 5.76. The van der Waals surface area contributed by atoms with Crippen LogP contribution in [0.25, 0.3) is 0 Å². The molecule has 2 aromatic heterocycles. The summed E-state index contributed by atoms with van der Waals surface area (Å²) in [6.45, 7) is 6.04. The molecular weight excluding hydrogens is 328 g/mol. The molecule has 0 bridgehead atoms. The Balaban J connectivity index is 1.63. The highest BCUT2D eigenvalue weighted by molar-refractivity contribution is 7.07. The number of nitrogens with zero attached hydrogens (tertiary/aromatic N) is 3. The molecule has 1 aliphatic heterocycles. The molecule has 1 fully saturated rings. The van der Waals surface area contributed by atoms with Crippen molar-refractivity contribution in [3.05, 3.63) is 34.0 Å². The number of aryl methyl sites for hydroxylation is 2. The van der Waals surface area contributed by atoms with Crippen LogP contribution in [0.15, 0.2) is 17.0 Å². The third kappa shape index (κ3) is 4.00. The Bertz CT molecular complexity index is 671. The number of aromatic nitrogens is 3. The highest BCUT2D eigenvalue weighted by Crippen LogP contribution is 2.15. The molecule has 1 N–H and O–H groups in total. The Kier molecular flexibility index (Phi) is 5.60. The molecule has 0 radical (unpaired) electrons. The molecular formula is C16H22N4O3S. The Morgan fingerprint density at radius 3 is 3.21 bits per heavy atom. The molecule has 130 valence electrons. The number of carbonyl (C=O) groups excluding carboxylic acids is 1. The quantitative estimate of drug-likeness (QED) is 0.859. The summed E-state index contributed by atoms with van der Waals surface area (Å²) in [5.41, 5.74) is 4.10. The van der Waals surface area contributed by atoms with Crippen molar-refractivity contribution in [2.45, 2.75) is 45.6 Å². The summed E-state index contributed by atoms with van der Waals surface area (Å²) in [6.07, 6.45) is 0.671. The fourth-order valence-corrected chi connectivity index (χ4v) is 3.31. The Hall–Kier alpha value is -1.77. The molecule has 7 nitrogen and oxygen atoms in total. The van der Waals surface area contributed by atoms with Gasteiger partial charge in [0.2, 0.25) is 0 Å². The van der Waals surface area contributed by atoms with E-state index in [4.69, 9.17) is 9.47 Å². The molecule has 1 saturated heterocycles. The Morgan fingerprint density at radius 1 is 1.58 bits per heavy atom. The molecule has 1 amide bonds. The first-order valence-electron chi connectivity index (χ1n) is 8.09. The van der Waals surface area contributed by atoms with E-state index in [9.17, 15) is 4.79 Å². The monoisotopic (exact) mass is 350 g/mol. The van der Waals surface area contributed by atoms with E-state index >= 15 is 0 Å². The Labute approximate surface area is 145 Å². The van der Waals surface area contributed by atoms with Crippen LogP contribution in [0.5, 0.6) is 0 Å². The lowest BCUT2D eigenvalue weighted by molar-refractivity contribution is -0.0612. The summed E-state index contributed by atoms with van der Waals surface area (Å²) in [6, 6.07) is 1.62. The van der Waals surface area contributed by atoms with Crippen molar-refractivity contribution in [3.63, 3.8) is 0 Å². The number of hydrogen-bond donors (Lipinski definition) is 1. The van der Waals surface area contributed by atoms with E-state index in [-0.39, 0.29) is 18.1 Å². The zero-order valence-corrected chi connectivity index (χ0v) is 14.7. The van der Waals surface area contributed by atoms with E-state index in [1.807, 2.05) is 19.2 Å². The largest absolute Gasteiger partial charge is 0.379 e. The number of rotatable bonds is 6. The second-order valence-corrected chi connectivity index (χ2v) is 6.48. The molecule has 0 unspecified atom stereocenters. The zero-order valence-electron chi connectivity index (χ0n) is 13.9. The van der Waals surface area contributed by atoms with E-state index < -0.39 is 0 Å². The van der Waals surface area contributed by atoms with Gasteiger partial charge in [-0.2, -0.15) is 5.10 Å². The van der Waals surface area contributed by atoms with Gasteiger partial charge in [-0.25, -0.2) is 4.98 Å². The summed E-state index contributed by atoms with van der Waals surface area (Å²) >= 11 is 1.55. The number of ether oxygens (including phenoxy) is 2. The summed E-state index contributed by atoms with van der Waals surface area (Å²) in [5, 5.41) is 9.32. The number of nitrogens with one attached hydrogen (secondary N) is 1. The van der Waals surface area contributed by atoms with Gasteiger partial charge in [-0.05, 0) is 26.3 Å². The molecule has 8 heteroatoms. The van der Waals surface area contributed by atoms with Gasteiger partial charge in [-0.3, -0.25) is 9.48 Å². The van der Waals surface area contributed by atoms with Gasteiger partial charge in [0.25, 0.3) is 5.91 Å². The van der Waals surface area contributed by atoms with Crippen molar-refractivity contribution in [1.29, 1.82) is 0 Å². The minimum atomic E-state index is -0.176. The van der Waals surface area contributed by atoms with Gasteiger partial charge in [0.15, 0.2) is 0 Å². The molecule has 0 saturated carbocycles. The number of thiazole rings is 1. The highest BCUT2D eigenvalue weighted by atomic mass is 32.1. The molecule has 0 aliphatic carbocycles. The fraction of sp³-hybridized carbons (Fsp3) is 0.562. The summed E-state index contributed by atoms with van der Waals surface area (Å²) in [7, 11) is 0. The van der Waals surface area contributed by atoms with Crippen LogP contribution in [0.4, 0.5) is 0 Å². The van der Waals surface area contributed by atoms with Crippen LogP contribution in [-0.4, -0.2) is 46.0 Å². The third-order valence-electron chi connectivity index (χ3n) is 3.97. The van der Waals surface area contributed by atoms with Crippen molar-refractivity contribution in [2.24, 2.45) is 0 Å². The lowest BCUT2D eigenvalue weighted by atomic mass is 10.1. The van der Waals surface area contributed by atoms with Crippen LogP contribution >= 0.6 is 11.3 Å². The van der Waals surface area contributed by atoms with Crippen LogP contribution in [0.2, 0.25) is 0 Å². The van der Waals surface area contributed by atoms with Gasteiger partial charge < -0.3 is 14.8 Å². The summed E-state index contributed by atoms with van der Waals surface area (Å²) < 4.78 is 13.2. The second kappa shape index (κ2) is 7.87. The van der Waals surface area contributed by atoms with Gasteiger partial charge in [0.1, 0.15) is 5.69 Å². The first-order chi connectivity index (χ1) is 11.7. The standard InChI is InChI=1S/C16H22N4O3S/c1-3-20-14(6-11(2)19-20)16(21)18-13-8-22-5-4-15(13)23-7-12-9-24-10-17-12/h6,9-10,13,15H,3-5,7-8H2,1-2H3,(H,18,21)/t13-,15+/m1/s1. The van der Waals surface area contributed by atoms with Crippen molar-refractivity contribution in [2.75, 3.05) is 13.2 Å². The molecule has 3 rings (SSSR count). The van der Waals surface area contributed by atoms with Gasteiger partial charge in [-0.15, -0.1) is 11.3 Å². The average Bonchev–Trinajstić information content (AvgIpc) is 3.23. The van der Waals surface area contributed by atoms with Crippen molar-refractivity contribution in [1.82, 2.24) is 20.1 Å². The first kappa shape index (κ1) is 17.1. The van der Waals surface area contributed by atoms with E-state index in [1.165, 1.54) is 0 Å². The summed E-state index contributed by atoms with van der Waals surface area (Å²) in [5.74, 6) is -0.143. The minimum Gasteiger partial charge on any atom is -0.379 e. The van der Waals surface area contributed by atoms with E-state index in [2.05, 4.69) is 15.4 Å². The molecule has 24 heavy (non-hydrogen) atoms. The maximum Gasteiger partial charge on any atom is 0.269 e. The minimum absolute atomic E-state index is 0.0801. The van der Waals surface area contributed by atoms with Crippen molar-refractivity contribution >= 4 is 17.2 Å². The zero-order chi connectivity index (χ0) is 16.9. The number of carbonyl (C=O) groups is 1. The molecule has 0 spiro atoms. The lowest BCUT2D eigenvalue weighted by Gasteiger charge is -2.31. The number of hydrogen-bond acceptors (Lipinski definition) is 6. The topological polar surface area (TPSA) is 78.3 Å². The molecule has 3 heterocycles. The predicted molar refractivity (Wildman–Crippen MR) is 90.0 cm³/mol. The third-order valence-corrected chi connectivity index (χ3v) is 4.61. The van der Waals surface area contributed by atoms with Gasteiger partial charge in [-0.1, -0.05) is 0 Å².